The van der Waals surface area contributed by atoms with Crippen molar-refractivity contribution in [2.45, 2.75) is 31.4 Å². The van der Waals surface area contributed by atoms with Gasteiger partial charge < -0.3 is 0 Å². The first-order chi connectivity index (χ1) is 20.8. The molecule has 5 aromatic carbocycles. The molecule has 5 aromatic rings. The number of benzene rings is 5. The minimum atomic E-state index is -11.2. The van der Waals surface area contributed by atoms with Gasteiger partial charge in [0.1, 0.15) is 11.6 Å². The number of rotatable bonds is 7. The fourth-order valence-electron chi connectivity index (χ4n) is 3.92. The monoisotopic (exact) mass is 794 g/mol. The summed E-state index contributed by atoms with van der Waals surface area (Å²) in [7, 11) is -0.525. The Bertz CT molecular complexity index is 1740. The fourth-order valence-corrected chi connectivity index (χ4v) is 7.07. The van der Waals surface area contributed by atoms with Crippen molar-refractivity contribution in [2.75, 3.05) is 0 Å². The molecule has 0 aromatic heterocycles. The Hall–Kier alpha value is -2.98. The third kappa shape index (κ3) is 11.4. The van der Waals surface area contributed by atoms with Crippen LogP contribution in [0, 0.1) is 18.6 Å². The summed E-state index contributed by atoms with van der Waals surface area (Å²) < 4.78 is 86.7. The second-order valence-corrected chi connectivity index (χ2v) is 18.6. The van der Waals surface area contributed by atoms with Crippen LogP contribution in [0.25, 0.3) is 0 Å². The summed E-state index contributed by atoms with van der Waals surface area (Å²) in [6.45, 7) is 1.98. The molecule has 45 heavy (non-hydrogen) atoms. The molecule has 0 aliphatic carbocycles. The summed E-state index contributed by atoms with van der Waals surface area (Å²) in [6.07, 6.45) is 0. The van der Waals surface area contributed by atoms with Gasteiger partial charge in [-0.15, -0.1) is 0 Å². The molecule has 0 bridgehead atoms. The topological polar surface area (TPSA) is 17.1 Å². The second-order valence-electron chi connectivity index (χ2n) is 9.59. The molecule has 0 heterocycles. The number of carbonyl (C=O) groups excluding carboxylic acids is 1. The number of aryl methyl sites for hydroxylation is 1. The van der Waals surface area contributed by atoms with E-state index in [-0.39, 0.29) is 17.4 Å². The maximum absolute atomic E-state index is 13.6. The molecule has 0 aliphatic rings. The summed E-state index contributed by atoms with van der Waals surface area (Å²) in [5, 5.41) is 0.509. The summed E-state index contributed by atoms with van der Waals surface area (Å²) in [6, 6.07) is 33.8. The molecular formula is C32H22ClF8OS2Sb. The number of hydrogen-bond donors (Lipinski definition) is 0. The normalized spacial score (nSPS) is 13.0. The predicted octanol–water partition coefficient (Wildman–Crippen LogP) is 11.5. The van der Waals surface area contributed by atoms with Crippen molar-refractivity contribution in [3.05, 3.63) is 149 Å². The van der Waals surface area contributed by atoms with E-state index < -0.39 is 30.4 Å². The van der Waals surface area contributed by atoms with Crippen LogP contribution < -0.4 is 0 Å². The van der Waals surface area contributed by atoms with Gasteiger partial charge in [0.25, 0.3) is 0 Å². The molecule has 0 aliphatic heterocycles. The van der Waals surface area contributed by atoms with E-state index in [9.17, 15) is 30.5 Å². The van der Waals surface area contributed by atoms with Gasteiger partial charge in [-0.3, -0.25) is 4.79 Å². The fraction of sp³-hybridized carbons (Fsp3) is 0.0312. The molecule has 0 amide bonds. The molecular weight excluding hydrogens is 774 g/mol. The van der Waals surface area contributed by atoms with Crippen LogP contribution in [0.1, 0.15) is 21.5 Å². The SMILES string of the molecule is Cc1ccc(C(=O)c2ccc(Sc3ccc([S+](c4ccc(F)cc4)c4ccc(F)cc4)cc3)c(Cl)c2)cc1.[F][Sb-]([F])([F])([F])([F])[F]. The summed E-state index contributed by atoms with van der Waals surface area (Å²) >= 11 is -3.17. The average Bonchev–Trinajstić information content (AvgIpc) is 2.95. The first-order valence-corrected chi connectivity index (χ1v) is 21.0. The van der Waals surface area contributed by atoms with Crippen molar-refractivity contribution in [1.29, 1.82) is 0 Å². The molecule has 236 valence electrons. The molecule has 0 saturated carbocycles. The third-order valence-electron chi connectivity index (χ3n) is 5.89. The first-order valence-electron chi connectivity index (χ1n) is 12.8. The molecule has 0 spiro atoms. The standard InChI is InChI=1S/C32H22ClF2OS2.6FH.Sb/c1-21-2-4-22(5-3-21)32(36)23-6-19-31(30(33)20-23)37-26-11-17-29(18-12-26)38(27-13-7-24(34)8-14-27)28-15-9-25(35)10-16-28;;;;;;;/h2-20H,1H3;6*1H;/q+1;;;;;;;+5/p-6. The summed E-state index contributed by atoms with van der Waals surface area (Å²) in [5.74, 6) is -0.667. The maximum atomic E-state index is 13.6. The van der Waals surface area contributed by atoms with Crippen molar-refractivity contribution in [1.82, 2.24) is 0 Å². The van der Waals surface area contributed by atoms with Gasteiger partial charge in [-0.05, 0) is 97.9 Å². The summed E-state index contributed by atoms with van der Waals surface area (Å²) in [4.78, 5) is 17.6. The molecule has 0 saturated heterocycles. The molecule has 0 N–H and O–H groups in total. The molecule has 0 radical (unpaired) electrons. The first kappa shape index (κ1) is 34.9. The van der Waals surface area contributed by atoms with Crippen LogP contribution in [0.15, 0.2) is 140 Å². The predicted molar refractivity (Wildman–Crippen MR) is 164 cm³/mol. The van der Waals surface area contributed by atoms with Crippen LogP contribution in [0.5, 0.6) is 0 Å². The summed E-state index contributed by atoms with van der Waals surface area (Å²) in [5.41, 5.74) is 2.26. The van der Waals surface area contributed by atoms with Crippen molar-refractivity contribution >= 4 is 59.5 Å². The Labute approximate surface area is 268 Å². The van der Waals surface area contributed by atoms with Crippen LogP contribution in [-0.2, 0) is 10.9 Å². The van der Waals surface area contributed by atoms with Crippen LogP contribution in [0.3, 0.4) is 0 Å². The Balaban J connectivity index is 0.000000591. The van der Waals surface area contributed by atoms with Gasteiger partial charge in [-0.25, -0.2) is 8.78 Å². The quantitative estimate of drug-likeness (QED) is 0.0706. The van der Waals surface area contributed by atoms with E-state index in [0.717, 1.165) is 30.0 Å². The average molecular weight is 796 g/mol. The minimum absolute atomic E-state index is 0.0681. The van der Waals surface area contributed by atoms with Crippen LogP contribution in [0.4, 0.5) is 25.7 Å². The van der Waals surface area contributed by atoms with E-state index >= 15 is 0 Å². The van der Waals surface area contributed by atoms with E-state index in [1.165, 1.54) is 36.0 Å². The van der Waals surface area contributed by atoms with Gasteiger partial charge in [0.2, 0.25) is 0 Å². The van der Waals surface area contributed by atoms with Gasteiger partial charge in [-0.1, -0.05) is 53.2 Å². The van der Waals surface area contributed by atoms with Gasteiger partial charge in [0.05, 0.1) is 15.9 Å². The zero-order chi connectivity index (χ0) is 33.1. The van der Waals surface area contributed by atoms with Crippen molar-refractivity contribution < 1.29 is 30.5 Å². The second kappa shape index (κ2) is 13.0. The Morgan fingerprint density at radius 3 is 1.44 bits per heavy atom. The Kier molecular flexibility index (Phi) is 10.1. The number of hydrogen-bond acceptors (Lipinski definition) is 2. The third-order valence-corrected chi connectivity index (χ3v) is 9.63. The van der Waals surface area contributed by atoms with Crippen molar-refractivity contribution in [2.24, 2.45) is 0 Å². The van der Waals surface area contributed by atoms with E-state index in [2.05, 4.69) is 0 Å². The van der Waals surface area contributed by atoms with Crippen LogP contribution in [0.2, 0.25) is 5.02 Å². The Morgan fingerprint density at radius 2 is 1.02 bits per heavy atom. The molecule has 13 heteroatoms. The van der Waals surface area contributed by atoms with Gasteiger partial charge in [-0.2, -0.15) is 0 Å². The molecule has 0 fully saturated rings. The van der Waals surface area contributed by atoms with E-state index in [1.807, 2.05) is 61.5 Å². The van der Waals surface area contributed by atoms with E-state index in [4.69, 9.17) is 11.6 Å². The van der Waals surface area contributed by atoms with Gasteiger partial charge in [0.15, 0.2) is 20.5 Å². The molecule has 0 unspecified atom stereocenters. The van der Waals surface area contributed by atoms with Crippen molar-refractivity contribution in [3.63, 3.8) is 0 Å². The van der Waals surface area contributed by atoms with E-state index in [1.54, 1.807) is 36.4 Å². The zero-order valence-electron chi connectivity index (χ0n) is 23.0. The van der Waals surface area contributed by atoms with Crippen LogP contribution >= 0.6 is 23.4 Å². The van der Waals surface area contributed by atoms with Gasteiger partial charge >= 0.3 is 36.4 Å². The van der Waals surface area contributed by atoms with E-state index in [0.29, 0.717) is 16.1 Å². The molecule has 5 rings (SSSR count). The number of halogens is 9. The molecule has 0 atom stereocenters. The van der Waals surface area contributed by atoms with Gasteiger partial charge in [0, 0.05) is 20.9 Å². The Morgan fingerprint density at radius 1 is 0.622 bits per heavy atom. The van der Waals surface area contributed by atoms with Crippen molar-refractivity contribution in [3.8, 4) is 0 Å². The number of ketones is 1. The zero-order valence-corrected chi connectivity index (χ0v) is 28.0. The molecule has 1 nitrogen and oxygen atoms in total. The van der Waals surface area contributed by atoms with Crippen LogP contribution in [-0.4, -0.2) is 25.3 Å². The number of carbonyl (C=O) groups is 1.